The minimum Gasteiger partial charge on any atom is -0.790 e. The molecule has 0 heterocycles. The number of nitrogens with one attached hydrogen (secondary N) is 1. The predicted octanol–water partition coefficient (Wildman–Crippen LogP) is 0.423. The summed E-state index contributed by atoms with van der Waals surface area (Å²) < 4.78 is 25.6. The van der Waals surface area contributed by atoms with Gasteiger partial charge in [-0.1, -0.05) is 122 Å². The molecule has 0 aliphatic heterocycles. The van der Waals surface area contributed by atoms with Gasteiger partial charge >= 0.3 is 71.1 Å². The van der Waals surface area contributed by atoms with E-state index in [1.54, 1.807) is 6.92 Å². The molecule has 0 aliphatic carbocycles. The molecule has 1 N–H and O–H groups in total. The van der Waals surface area contributed by atoms with Gasteiger partial charge in [-0.2, -0.15) is 0 Å². The number of ether oxygens (including phenoxy) is 2. The van der Waals surface area contributed by atoms with Crippen molar-refractivity contribution in [3.63, 3.8) is 0 Å². The average molecular weight is 680 g/mol. The number of amides is 1. The fourth-order valence-corrected chi connectivity index (χ4v) is 5.15. The van der Waals surface area contributed by atoms with Crippen LogP contribution >= 0.6 is 7.82 Å². The second kappa shape index (κ2) is 35.8. The van der Waals surface area contributed by atoms with Crippen LogP contribution in [0.25, 0.3) is 0 Å². The van der Waals surface area contributed by atoms with Crippen LogP contribution in [-0.4, -0.2) is 43.7 Å². The SMILES string of the molecule is CCCCCCCCCCC(=O)O[C@@H](COC(=O)CCCCCCCCCCCCCCCNC(C)=O)COP(=O)([O-])[O-].[Na+].[Na+]. The van der Waals surface area contributed by atoms with Gasteiger partial charge in [-0.05, 0) is 19.3 Å². The minimum atomic E-state index is -5.24. The van der Waals surface area contributed by atoms with Gasteiger partial charge in [0.15, 0.2) is 6.10 Å². The first-order valence-corrected chi connectivity index (χ1v) is 18.4. The standard InChI is InChI=1S/C32H62NO9P.2Na/c1-3-4-5-6-7-15-19-22-25-32(36)42-30(28-41-43(37,38)39)27-40-31(35)24-21-18-16-13-11-9-8-10-12-14-17-20-23-26-33-29(2)34;;/h30H,3-28H2,1-2H3,(H,33,34)(H2,37,38,39);;/q;2*+1/p-2/t30-;;/m0../s1. The number of carbonyl (C=O) groups is 3. The summed E-state index contributed by atoms with van der Waals surface area (Å²) in [5.74, 6) is -0.942. The van der Waals surface area contributed by atoms with Crippen LogP contribution in [0.5, 0.6) is 0 Å². The van der Waals surface area contributed by atoms with Gasteiger partial charge in [-0.15, -0.1) is 0 Å². The molecule has 254 valence electrons. The number of unbranched alkanes of at least 4 members (excludes halogenated alkanes) is 19. The first-order chi connectivity index (χ1) is 20.6. The first kappa shape index (κ1) is 49.9. The van der Waals surface area contributed by atoms with Gasteiger partial charge in [-0.25, -0.2) is 0 Å². The number of carbonyl (C=O) groups excluding carboxylic acids is 3. The predicted molar refractivity (Wildman–Crippen MR) is 165 cm³/mol. The van der Waals surface area contributed by atoms with Gasteiger partial charge in [0.1, 0.15) is 6.61 Å². The van der Waals surface area contributed by atoms with Crippen molar-refractivity contribution < 1.29 is 102 Å². The van der Waals surface area contributed by atoms with Crippen molar-refractivity contribution in [1.29, 1.82) is 0 Å². The zero-order valence-electron chi connectivity index (χ0n) is 29.1. The van der Waals surface area contributed by atoms with Crippen LogP contribution < -0.4 is 74.2 Å². The molecule has 0 saturated heterocycles. The van der Waals surface area contributed by atoms with Crippen LogP contribution in [0.3, 0.4) is 0 Å². The minimum absolute atomic E-state index is 0. The summed E-state index contributed by atoms with van der Waals surface area (Å²) in [5.41, 5.74) is 0. The Hall–Kier alpha value is 0.520. The molecular weight excluding hydrogens is 619 g/mol. The van der Waals surface area contributed by atoms with E-state index in [4.69, 9.17) is 9.47 Å². The fraction of sp³-hybridized carbons (Fsp3) is 0.906. The number of esters is 2. The van der Waals surface area contributed by atoms with Crippen molar-refractivity contribution in [3.05, 3.63) is 0 Å². The van der Waals surface area contributed by atoms with Crippen LogP contribution in [0.1, 0.15) is 162 Å². The van der Waals surface area contributed by atoms with Crippen LogP contribution in [-0.2, 0) is 32.9 Å². The largest absolute Gasteiger partial charge is 1.00 e. The summed E-state index contributed by atoms with van der Waals surface area (Å²) in [6, 6.07) is 0. The number of hydrogen-bond acceptors (Lipinski definition) is 9. The van der Waals surface area contributed by atoms with Crippen molar-refractivity contribution in [1.82, 2.24) is 5.32 Å². The van der Waals surface area contributed by atoms with Crippen molar-refractivity contribution in [2.75, 3.05) is 19.8 Å². The molecule has 10 nitrogen and oxygen atoms in total. The number of rotatable bonds is 31. The Kier molecular flexibility index (Phi) is 39.7. The number of phosphoric ester groups is 1. The average Bonchev–Trinajstić information content (AvgIpc) is 2.95. The van der Waals surface area contributed by atoms with Gasteiger partial charge in [0.05, 0.1) is 14.4 Å². The van der Waals surface area contributed by atoms with Crippen molar-refractivity contribution in [2.45, 2.75) is 168 Å². The molecule has 0 radical (unpaired) electrons. The van der Waals surface area contributed by atoms with Gasteiger partial charge in [0, 0.05) is 26.3 Å². The quantitative estimate of drug-likeness (QED) is 0.0476. The summed E-state index contributed by atoms with van der Waals surface area (Å²) >= 11 is 0. The van der Waals surface area contributed by atoms with Crippen molar-refractivity contribution in [2.24, 2.45) is 0 Å². The van der Waals surface area contributed by atoms with E-state index in [-0.39, 0.29) is 84.5 Å². The second-order valence-corrected chi connectivity index (χ2v) is 12.7. The van der Waals surface area contributed by atoms with Crippen molar-refractivity contribution >= 4 is 25.7 Å². The molecule has 0 unspecified atom stereocenters. The molecule has 0 aliphatic rings. The van der Waals surface area contributed by atoms with E-state index >= 15 is 0 Å². The van der Waals surface area contributed by atoms with Crippen LogP contribution in [0.4, 0.5) is 0 Å². The Labute approximate surface area is 317 Å². The first-order valence-electron chi connectivity index (χ1n) is 16.9. The molecule has 1 amide bonds. The third-order valence-corrected chi connectivity index (χ3v) is 7.78. The molecule has 0 spiro atoms. The van der Waals surface area contributed by atoms with Crippen LogP contribution in [0.2, 0.25) is 0 Å². The third kappa shape index (κ3) is 40.6. The molecule has 1 atom stereocenters. The summed E-state index contributed by atoms with van der Waals surface area (Å²) in [4.78, 5) is 56.9. The zero-order chi connectivity index (χ0) is 32.0. The maximum absolute atomic E-state index is 12.2. The Bertz CT molecular complexity index is 756. The fourth-order valence-electron chi connectivity index (χ4n) is 4.80. The molecule has 0 aromatic heterocycles. The number of hydrogen-bond donors (Lipinski definition) is 1. The Balaban J connectivity index is -0.00000882. The molecule has 0 aromatic rings. The summed E-state index contributed by atoms with van der Waals surface area (Å²) in [7, 11) is -5.24. The van der Waals surface area contributed by atoms with E-state index in [2.05, 4.69) is 16.8 Å². The van der Waals surface area contributed by atoms with Gasteiger partial charge in [0.2, 0.25) is 5.91 Å². The summed E-state index contributed by atoms with van der Waals surface area (Å²) in [6.07, 6.45) is 22.6. The molecule has 45 heavy (non-hydrogen) atoms. The molecule has 0 fully saturated rings. The van der Waals surface area contributed by atoms with E-state index in [1.807, 2.05) is 0 Å². The van der Waals surface area contributed by atoms with Gasteiger partial charge in [-0.3, -0.25) is 14.4 Å². The molecular formula is C32H60NNa2O9P. The third-order valence-electron chi connectivity index (χ3n) is 7.31. The Morgan fingerprint density at radius 3 is 1.44 bits per heavy atom. The molecule has 0 rings (SSSR count). The maximum atomic E-state index is 12.2. The molecule has 13 heteroatoms. The smallest absolute Gasteiger partial charge is 0.790 e. The topological polar surface area (TPSA) is 154 Å². The summed E-state index contributed by atoms with van der Waals surface area (Å²) in [5, 5.41) is 2.82. The number of phosphoric acid groups is 1. The zero-order valence-corrected chi connectivity index (χ0v) is 34.0. The van der Waals surface area contributed by atoms with Gasteiger partial charge in [0.25, 0.3) is 0 Å². The van der Waals surface area contributed by atoms with E-state index in [0.717, 1.165) is 51.5 Å². The Morgan fingerprint density at radius 1 is 0.622 bits per heavy atom. The van der Waals surface area contributed by atoms with E-state index in [1.165, 1.54) is 77.0 Å². The Morgan fingerprint density at radius 2 is 1.02 bits per heavy atom. The van der Waals surface area contributed by atoms with Gasteiger partial charge < -0.3 is 33.7 Å². The van der Waals surface area contributed by atoms with E-state index < -0.39 is 32.5 Å². The molecule has 0 bridgehead atoms. The second-order valence-electron chi connectivity index (χ2n) is 11.6. The van der Waals surface area contributed by atoms with Crippen LogP contribution in [0, 0.1) is 0 Å². The van der Waals surface area contributed by atoms with Crippen LogP contribution in [0.15, 0.2) is 0 Å². The van der Waals surface area contributed by atoms with Crippen molar-refractivity contribution in [3.8, 4) is 0 Å². The monoisotopic (exact) mass is 679 g/mol. The normalized spacial score (nSPS) is 11.6. The van der Waals surface area contributed by atoms with E-state index in [9.17, 15) is 28.7 Å². The maximum Gasteiger partial charge on any atom is 1.00 e. The summed E-state index contributed by atoms with van der Waals surface area (Å²) in [6.45, 7) is 3.49. The molecule has 0 aromatic carbocycles. The molecule has 0 saturated carbocycles. The van der Waals surface area contributed by atoms with E-state index in [0.29, 0.717) is 12.8 Å².